The Morgan fingerprint density at radius 2 is 1.76 bits per heavy atom. The highest BCUT2D eigenvalue weighted by Gasteiger charge is 2.10. The number of hydrogen-bond donors (Lipinski definition) is 1. The number of nitrogens with zero attached hydrogens (tertiary/aromatic N) is 1. The van der Waals surface area contributed by atoms with Crippen LogP contribution in [0.25, 0.3) is 0 Å². The number of carbonyl (C=O) groups excluding carboxylic acids is 1. The molecule has 0 aliphatic heterocycles. The third-order valence-corrected chi connectivity index (χ3v) is 3.34. The van der Waals surface area contributed by atoms with E-state index >= 15 is 0 Å². The van der Waals surface area contributed by atoms with Crippen molar-refractivity contribution in [2.75, 3.05) is 7.05 Å². The Bertz CT molecular complexity index is 610. The van der Waals surface area contributed by atoms with Gasteiger partial charge in [-0.1, -0.05) is 36.4 Å². The number of carbonyl (C=O) groups is 1. The highest BCUT2D eigenvalue weighted by molar-refractivity contribution is 5.78. The predicted octanol–water partition coefficient (Wildman–Crippen LogP) is 2.49. The summed E-state index contributed by atoms with van der Waals surface area (Å²) in [5, 5.41) is 0. The van der Waals surface area contributed by atoms with E-state index in [1.54, 1.807) is 24.1 Å². The van der Waals surface area contributed by atoms with Crippen molar-refractivity contribution in [3.63, 3.8) is 0 Å². The quantitative estimate of drug-likeness (QED) is 0.918. The van der Waals surface area contributed by atoms with E-state index in [-0.39, 0.29) is 18.1 Å². The molecule has 110 valence electrons. The van der Waals surface area contributed by atoms with Crippen molar-refractivity contribution in [3.8, 4) is 0 Å². The SMILES string of the molecule is CN(Cc1cccc(CN)c1)C(=O)Cc1ccc(F)cc1. The van der Waals surface area contributed by atoms with Crippen LogP contribution in [0.1, 0.15) is 16.7 Å². The van der Waals surface area contributed by atoms with Crippen molar-refractivity contribution in [1.82, 2.24) is 4.90 Å². The van der Waals surface area contributed by atoms with E-state index < -0.39 is 0 Å². The summed E-state index contributed by atoms with van der Waals surface area (Å²) in [6.45, 7) is 1.02. The maximum Gasteiger partial charge on any atom is 0.227 e. The molecule has 0 atom stereocenters. The van der Waals surface area contributed by atoms with Gasteiger partial charge in [0.25, 0.3) is 0 Å². The number of benzene rings is 2. The minimum Gasteiger partial charge on any atom is -0.341 e. The Labute approximate surface area is 124 Å². The Balaban J connectivity index is 1.97. The molecule has 0 spiro atoms. The predicted molar refractivity (Wildman–Crippen MR) is 80.9 cm³/mol. The molecule has 0 aromatic heterocycles. The third kappa shape index (κ3) is 4.39. The Morgan fingerprint density at radius 3 is 2.43 bits per heavy atom. The van der Waals surface area contributed by atoms with Crippen molar-refractivity contribution >= 4 is 5.91 Å². The first-order chi connectivity index (χ1) is 10.1. The van der Waals surface area contributed by atoms with Gasteiger partial charge in [-0.3, -0.25) is 4.79 Å². The zero-order valence-electron chi connectivity index (χ0n) is 12.1. The molecular formula is C17H19FN2O. The number of halogens is 1. The van der Waals surface area contributed by atoms with E-state index in [0.717, 1.165) is 16.7 Å². The number of hydrogen-bond acceptors (Lipinski definition) is 2. The van der Waals surface area contributed by atoms with Gasteiger partial charge in [0.2, 0.25) is 5.91 Å². The van der Waals surface area contributed by atoms with Gasteiger partial charge in [0.05, 0.1) is 6.42 Å². The second kappa shape index (κ2) is 6.99. The summed E-state index contributed by atoms with van der Waals surface area (Å²) in [5.41, 5.74) is 8.52. The first-order valence-electron chi connectivity index (χ1n) is 6.85. The first-order valence-corrected chi connectivity index (χ1v) is 6.85. The van der Waals surface area contributed by atoms with E-state index in [4.69, 9.17) is 5.73 Å². The number of nitrogens with two attached hydrogens (primary N) is 1. The maximum absolute atomic E-state index is 12.8. The van der Waals surface area contributed by atoms with Crippen LogP contribution in [-0.4, -0.2) is 17.9 Å². The Hall–Kier alpha value is -2.20. The molecule has 3 nitrogen and oxygen atoms in total. The minimum absolute atomic E-state index is 0.000223. The molecule has 0 bridgehead atoms. The average Bonchev–Trinajstić information content (AvgIpc) is 2.49. The second-order valence-electron chi connectivity index (χ2n) is 5.08. The van der Waals surface area contributed by atoms with Crippen LogP contribution in [-0.2, 0) is 24.3 Å². The molecule has 2 N–H and O–H groups in total. The van der Waals surface area contributed by atoms with E-state index in [9.17, 15) is 9.18 Å². The Kier molecular flexibility index (Phi) is 5.06. The topological polar surface area (TPSA) is 46.3 Å². The smallest absolute Gasteiger partial charge is 0.227 e. The number of amides is 1. The van der Waals surface area contributed by atoms with Crippen LogP contribution in [0.2, 0.25) is 0 Å². The van der Waals surface area contributed by atoms with Crippen LogP contribution in [0.15, 0.2) is 48.5 Å². The summed E-state index contributed by atoms with van der Waals surface area (Å²) >= 11 is 0. The molecule has 0 unspecified atom stereocenters. The molecule has 0 fully saturated rings. The second-order valence-corrected chi connectivity index (χ2v) is 5.08. The largest absolute Gasteiger partial charge is 0.341 e. The van der Waals surface area contributed by atoms with Crippen molar-refractivity contribution in [2.24, 2.45) is 5.73 Å². The van der Waals surface area contributed by atoms with Gasteiger partial charge >= 0.3 is 0 Å². The lowest BCUT2D eigenvalue weighted by Gasteiger charge is -2.18. The zero-order valence-corrected chi connectivity index (χ0v) is 12.1. The van der Waals surface area contributed by atoms with Crippen LogP contribution >= 0.6 is 0 Å². The number of rotatable bonds is 5. The molecule has 21 heavy (non-hydrogen) atoms. The van der Waals surface area contributed by atoms with Crippen molar-refractivity contribution in [3.05, 3.63) is 71.0 Å². The van der Waals surface area contributed by atoms with E-state index in [1.165, 1.54) is 12.1 Å². The van der Waals surface area contributed by atoms with Gasteiger partial charge in [-0.25, -0.2) is 4.39 Å². The lowest BCUT2D eigenvalue weighted by molar-refractivity contribution is -0.129. The van der Waals surface area contributed by atoms with E-state index in [1.807, 2.05) is 24.3 Å². The molecule has 1 amide bonds. The van der Waals surface area contributed by atoms with E-state index in [0.29, 0.717) is 13.1 Å². The normalized spacial score (nSPS) is 10.4. The Morgan fingerprint density at radius 1 is 1.10 bits per heavy atom. The van der Waals surface area contributed by atoms with E-state index in [2.05, 4.69) is 0 Å². The van der Waals surface area contributed by atoms with Gasteiger partial charge in [-0.2, -0.15) is 0 Å². The lowest BCUT2D eigenvalue weighted by Crippen LogP contribution is -2.27. The molecule has 0 saturated heterocycles. The van der Waals surface area contributed by atoms with Gasteiger partial charge in [-0.05, 0) is 28.8 Å². The summed E-state index contributed by atoms with van der Waals surface area (Å²) in [6, 6.07) is 13.9. The molecule has 2 aromatic carbocycles. The fourth-order valence-corrected chi connectivity index (χ4v) is 2.13. The van der Waals surface area contributed by atoms with Crippen LogP contribution in [0.5, 0.6) is 0 Å². The van der Waals surface area contributed by atoms with Gasteiger partial charge in [0.15, 0.2) is 0 Å². The van der Waals surface area contributed by atoms with Crippen molar-refractivity contribution in [2.45, 2.75) is 19.5 Å². The van der Waals surface area contributed by atoms with Crippen molar-refractivity contribution < 1.29 is 9.18 Å². The zero-order chi connectivity index (χ0) is 15.2. The fraction of sp³-hybridized carbons (Fsp3) is 0.235. The first kappa shape index (κ1) is 15.2. The number of likely N-dealkylation sites (N-methyl/N-ethyl adjacent to an activating group) is 1. The van der Waals surface area contributed by atoms with Gasteiger partial charge in [0.1, 0.15) is 5.82 Å². The highest BCUT2D eigenvalue weighted by atomic mass is 19.1. The van der Waals surface area contributed by atoms with Crippen LogP contribution in [0, 0.1) is 5.82 Å². The van der Waals surface area contributed by atoms with Crippen LogP contribution in [0.4, 0.5) is 4.39 Å². The summed E-state index contributed by atoms with van der Waals surface area (Å²) in [5.74, 6) is -0.294. The third-order valence-electron chi connectivity index (χ3n) is 3.34. The highest BCUT2D eigenvalue weighted by Crippen LogP contribution is 2.10. The standard InChI is InChI=1S/C17H19FN2O/c1-20(12-15-4-2-3-14(9-15)11-19)17(21)10-13-5-7-16(18)8-6-13/h2-9H,10-12,19H2,1H3. The molecule has 0 heterocycles. The average molecular weight is 286 g/mol. The molecular weight excluding hydrogens is 267 g/mol. The summed E-state index contributed by atoms with van der Waals surface area (Å²) < 4.78 is 12.8. The van der Waals surface area contributed by atoms with Gasteiger partial charge < -0.3 is 10.6 Å². The summed E-state index contributed by atoms with van der Waals surface area (Å²) in [4.78, 5) is 13.8. The molecule has 0 aliphatic rings. The van der Waals surface area contributed by atoms with Crippen LogP contribution in [0.3, 0.4) is 0 Å². The van der Waals surface area contributed by atoms with Crippen LogP contribution < -0.4 is 5.73 Å². The molecule has 2 rings (SSSR count). The fourth-order valence-electron chi connectivity index (χ4n) is 2.13. The molecule has 0 aliphatic carbocycles. The summed E-state index contributed by atoms with van der Waals surface area (Å²) in [7, 11) is 1.76. The maximum atomic E-state index is 12.8. The van der Waals surface area contributed by atoms with Crippen molar-refractivity contribution in [1.29, 1.82) is 0 Å². The molecule has 0 radical (unpaired) electrons. The summed E-state index contributed by atoms with van der Waals surface area (Å²) in [6.07, 6.45) is 0.271. The van der Waals surface area contributed by atoms with Gasteiger partial charge in [-0.15, -0.1) is 0 Å². The molecule has 2 aromatic rings. The van der Waals surface area contributed by atoms with Gasteiger partial charge in [0, 0.05) is 20.1 Å². The molecule has 0 saturated carbocycles. The lowest BCUT2D eigenvalue weighted by atomic mass is 10.1. The minimum atomic E-state index is -0.293. The molecule has 4 heteroatoms. The monoisotopic (exact) mass is 286 g/mol.